The van der Waals surface area contributed by atoms with Crippen LogP contribution in [0.15, 0.2) is 23.2 Å². The zero-order valence-electron chi connectivity index (χ0n) is 14.4. The van der Waals surface area contributed by atoms with Gasteiger partial charge in [-0.05, 0) is 38.8 Å². The molecule has 0 saturated carbocycles. The van der Waals surface area contributed by atoms with Crippen LogP contribution in [0.3, 0.4) is 0 Å². The molecule has 1 aromatic heterocycles. The first-order chi connectivity index (χ1) is 10.5. The summed E-state index contributed by atoms with van der Waals surface area (Å²) >= 11 is 1.73. The molecule has 0 aliphatic carbocycles. The van der Waals surface area contributed by atoms with Gasteiger partial charge in [-0.1, -0.05) is 23.8 Å². The van der Waals surface area contributed by atoms with Gasteiger partial charge in [0.1, 0.15) is 0 Å². The van der Waals surface area contributed by atoms with Crippen LogP contribution in [0.25, 0.3) is 0 Å². The first kappa shape index (κ1) is 19.9. The van der Waals surface area contributed by atoms with E-state index in [1.165, 1.54) is 21.6 Å². The molecule has 0 unspecified atom stereocenters. The smallest absolute Gasteiger partial charge is 0.191 e. The Morgan fingerprint density at radius 3 is 2.39 bits per heavy atom. The molecule has 23 heavy (non-hydrogen) atoms. The highest BCUT2D eigenvalue weighted by molar-refractivity contribution is 14.0. The Kier molecular flexibility index (Phi) is 7.98. The topological polar surface area (TPSA) is 49.3 Å². The van der Waals surface area contributed by atoms with Gasteiger partial charge in [0.05, 0.1) is 17.2 Å². The van der Waals surface area contributed by atoms with Crippen LogP contribution < -0.4 is 10.6 Å². The highest BCUT2D eigenvalue weighted by Crippen LogP contribution is 2.16. The number of hydrogen-bond acceptors (Lipinski definition) is 3. The molecule has 0 aliphatic heterocycles. The van der Waals surface area contributed by atoms with Crippen molar-refractivity contribution in [2.75, 3.05) is 7.05 Å². The Hall–Kier alpha value is -1.15. The Morgan fingerprint density at radius 2 is 1.83 bits per heavy atom. The summed E-state index contributed by atoms with van der Waals surface area (Å²) in [7, 11) is 1.79. The third-order valence-corrected chi connectivity index (χ3v) is 4.66. The maximum absolute atomic E-state index is 4.45. The van der Waals surface area contributed by atoms with Crippen molar-refractivity contribution in [3.63, 3.8) is 0 Å². The summed E-state index contributed by atoms with van der Waals surface area (Å²) in [5.41, 5.74) is 4.98. The third kappa shape index (κ3) is 5.76. The zero-order valence-corrected chi connectivity index (χ0v) is 17.5. The number of thiazole rings is 1. The quantitative estimate of drug-likeness (QED) is 0.428. The number of aryl methyl sites for hydroxylation is 4. The highest BCUT2D eigenvalue weighted by atomic mass is 127. The second-order valence-corrected chi connectivity index (χ2v) is 6.74. The van der Waals surface area contributed by atoms with Crippen LogP contribution in [0.4, 0.5) is 0 Å². The zero-order chi connectivity index (χ0) is 16.1. The number of halogens is 1. The first-order valence-corrected chi connectivity index (χ1v) is 8.25. The average Bonchev–Trinajstić information content (AvgIpc) is 2.79. The van der Waals surface area contributed by atoms with Crippen molar-refractivity contribution in [1.29, 1.82) is 0 Å². The van der Waals surface area contributed by atoms with E-state index in [1.54, 1.807) is 18.4 Å². The van der Waals surface area contributed by atoms with Gasteiger partial charge < -0.3 is 10.6 Å². The van der Waals surface area contributed by atoms with Crippen molar-refractivity contribution in [1.82, 2.24) is 15.6 Å². The molecule has 1 aromatic carbocycles. The van der Waals surface area contributed by atoms with E-state index in [1.807, 2.05) is 13.8 Å². The summed E-state index contributed by atoms with van der Waals surface area (Å²) in [5.74, 6) is 0.811. The van der Waals surface area contributed by atoms with Gasteiger partial charge in [-0.25, -0.2) is 4.98 Å². The normalized spacial score (nSPS) is 11.1. The van der Waals surface area contributed by atoms with Crippen LogP contribution >= 0.6 is 35.3 Å². The summed E-state index contributed by atoms with van der Waals surface area (Å²) in [6.45, 7) is 9.87. The molecule has 0 amide bonds. The highest BCUT2D eigenvalue weighted by Gasteiger charge is 2.06. The lowest BCUT2D eigenvalue weighted by molar-refractivity contribution is 0.808. The fourth-order valence-corrected chi connectivity index (χ4v) is 3.22. The van der Waals surface area contributed by atoms with E-state index in [2.05, 4.69) is 52.7 Å². The van der Waals surface area contributed by atoms with E-state index in [9.17, 15) is 0 Å². The summed E-state index contributed by atoms with van der Waals surface area (Å²) in [5, 5.41) is 7.82. The van der Waals surface area contributed by atoms with Crippen LogP contribution in [-0.4, -0.2) is 18.0 Å². The van der Waals surface area contributed by atoms with Crippen LogP contribution in [-0.2, 0) is 13.1 Å². The Morgan fingerprint density at radius 1 is 1.13 bits per heavy atom. The molecule has 2 aromatic rings. The Labute approximate surface area is 159 Å². The standard InChI is InChI=1S/C17H24N4S.HI/c1-11-6-7-15(12(2)8-11)9-19-17(18-5)20-10-16-13(3)21-14(4)22-16;/h6-8H,9-10H2,1-5H3,(H2,18,19,20);1H. The predicted molar refractivity (Wildman–Crippen MR) is 110 cm³/mol. The fraction of sp³-hybridized carbons (Fsp3) is 0.412. The van der Waals surface area contributed by atoms with Gasteiger partial charge in [0.25, 0.3) is 0 Å². The van der Waals surface area contributed by atoms with Crippen LogP contribution in [0.1, 0.15) is 32.3 Å². The van der Waals surface area contributed by atoms with Crippen molar-refractivity contribution in [3.05, 3.63) is 50.5 Å². The molecule has 126 valence electrons. The molecule has 6 heteroatoms. The number of guanidine groups is 1. The molecule has 0 saturated heterocycles. The molecule has 0 atom stereocenters. The maximum atomic E-state index is 4.45. The summed E-state index contributed by atoms with van der Waals surface area (Å²) in [6, 6.07) is 6.52. The van der Waals surface area contributed by atoms with E-state index in [0.717, 1.165) is 29.8 Å². The maximum Gasteiger partial charge on any atom is 0.191 e. The predicted octanol–water partition coefficient (Wildman–Crippen LogP) is 3.86. The molecule has 4 nitrogen and oxygen atoms in total. The minimum absolute atomic E-state index is 0. The number of benzene rings is 1. The Bertz CT molecular complexity index is 679. The van der Waals surface area contributed by atoms with Gasteiger partial charge in [-0.2, -0.15) is 0 Å². The number of rotatable bonds is 4. The number of nitrogens with zero attached hydrogens (tertiary/aromatic N) is 2. The first-order valence-electron chi connectivity index (χ1n) is 7.43. The molecule has 0 radical (unpaired) electrons. The number of aromatic nitrogens is 1. The number of hydrogen-bond donors (Lipinski definition) is 2. The van der Waals surface area contributed by atoms with E-state index in [4.69, 9.17) is 0 Å². The lowest BCUT2D eigenvalue weighted by Crippen LogP contribution is -2.36. The van der Waals surface area contributed by atoms with Gasteiger partial charge in [-0.15, -0.1) is 35.3 Å². The van der Waals surface area contributed by atoms with Gasteiger partial charge in [0, 0.05) is 18.5 Å². The average molecular weight is 444 g/mol. The van der Waals surface area contributed by atoms with Gasteiger partial charge in [0.15, 0.2) is 5.96 Å². The van der Waals surface area contributed by atoms with Crippen molar-refractivity contribution >= 4 is 41.3 Å². The largest absolute Gasteiger partial charge is 0.352 e. The van der Waals surface area contributed by atoms with E-state index in [0.29, 0.717) is 0 Å². The van der Waals surface area contributed by atoms with E-state index >= 15 is 0 Å². The second kappa shape index (κ2) is 9.22. The molecule has 0 spiro atoms. The second-order valence-electron chi connectivity index (χ2n) is 5.45. The van der Waals surface area contributed by atoms with E-state index in [-0.39, 0.29) is 24.0 Å². The molecule has 1 heterocycles. The molecule has 2 rings (SSSR count). The monoisotopic (exact) mass is 444 g/mol. The molecular formula is C17H25IN4S. The molecule has 2 N–H and O–H groups in total. The Balaban J connectivity index is 0.00000264. The van der Waals surface area contributed by atoms with Crippen LogP contribution in [0.2, 0.25) is 0 Å². The van der Waals surface area contributed by atoms with Crippen molar-refractivity contribution in [2.24, 2.45) is 4.99 Å². The minimum Gasteiger partial charge on any atom is -0.352 e. The lowest BCUT2D eigenvalue weighted by Gasteiger charge is -2.13. The molecular weight excluding hydrogens is 419 g/mol. The molecule has 0 fully saturated rings. The summed E-state index contributed by atoms with van der Waals surface area (Å²) < 4.78 is 0. The van der Waals surface area contributed by atoms with Crippen LogP contribution in [0.5, 0.6) is 0 Å². The number of nitrogens with one attached hydrogen (secondary N) is 2. The summed E-state index contributed by atoms with van der Waals surface area (Å²) in [6.07, 6.45) is 0. The van der Waals surface area contributed by atoms with Crippen molar-refractivity contribution in [2.45, 2.75) is 40.8 Å². The molecule has 0 bridgehead atoms. The SMILES string of the molecule is CN=C(NCc1ccc(C)cc1C)NCc1sc(C)nc1C.I. The molecule has 0 aliphatic rings. The van der Waals surface area contributed by atoms with Crippen molar-refractivity contribution < 1.29 is 0 Å². The van der Waals surface area contributed by atoms with Gasteiger partial charge in [-0.3, -0.25) is 4.99 Å². The summed E-state index contributed by atoms with van der Waals surface area (Å²) in [4.78, 5) is 9.98. The van der Waals surface area contributed by atoms with Crippen molar-refractivity contribution in [3.8, 4) is 0 Å². The third-order valence-electron chi connectivity index (χ3n) is 3.58. The van der Waals surface area contributed by atoms with Crippen LogP contribution in [0, 0.1) is 27.7 Å². The van der Waals surface area contributed by atoms with Gasteiger partial charge in [0.2, 0.25) is 0 Å². The van der Waals surface area contributed by atoms with E-state index < -0.39 is 0 Å². The minimum atomic E-state index is 0. The number of aliphatic imine (C=N–C) groups is 1. The van der Waals surface area contributed by atoms with Gasteiger partial charge >= 0.3 is 0 Å². The lowest BCUT2D eigenvalue weighted by atomic mass is 10.1. The fourth-order valence-electron chi connectivity index (χ4n) is 2.35.